The summed E-state index contributed by atoms with van der Waals surface area (Å²) in [6.45, 7) is 7.77. The van der Waals surface area contributed by atoms with E-state index in [-0.39, 0.29) is 30.4 Å². The lowest BCUT2D eigenvalue weighted by Crippen LogP contribution is -2.50. The zero-order valence-electron chi connectivity index (χ0n) is 15.6. The molecule has 2 rings (SSSR count). The largest absolute Gasteiger partial charge is 0.448 e. The molecule has 1 atom stereocenters. The van der Waals surface area contributed by atoms with Crippen molar-refractivity contribution in [3.63, 3.8) is 0 Å². The molecule has 0 aromatic heterocycles. The average molecular weight is 359 g/mol. The van der Waals surface area contributed by atoms with Gasteiger partial charge in [0.25, 0.3) is 5.91 Å². The van der Waals surface area contributed by atoms with E-state index in [1.807, 2.05) is 51.1 Å². The number of carbonyl (C=O) groups is 3. The number of esters is 1. The fourth-order valence-electron chi connectivity index (χ4n) is 2.53. The fraction of sp³-hybridized carbons (Fsp3) is 0.474. The van der Waals surface area contributed by atoms with E-state index in [1.54, 1.807) is 11.8 Å². The van der Waals surface area contributed by atoms with Crippen molar-refractivity contribution in [2.45, 2.75) is 58.7 Å². The van der Waals surface area contributed by atoms with Crippen LogP contribution in [0, 0.1) is 0 Å². The molecule has 1 aromatic rings. The molecule has 0 aliphatic carbocycles. The number of nitrogens with one attached hydrogen (secondary N) is 1. The highest BCUT2D eigenvalue weighted by atomic mass is 16.5. The number of hydrogen-bond acceptors (Lipinski definition) is 5. The van der Waals surface area contributed by atoms with Gasteiger partial charge < -0.3 is 9.64 Å². The molecule has 1 aliphatic heterocycles. The zero-order valence-corrected chi connectivity index (χ0v) is 15.6. The lowest BCUT2D eigenvalue weighted by atomic mass is 10.0. The zero-order chi connectivity index (χ0) is 19.3. The molecule has 1 heterocycles. The van der Waals surface area contributed by atoms with Crippen LogP contribution in [0.2, 0.25) is 0 Å². The van der Waals surface area contributed by atoms with Gasteiger partial charge in [-0.2, -0.15) is 5.10 Å². The highest BCUT2D eigenvalue weighted by molar-refractivity contribution is 6.37. The van der Waals surface area contributed by atoms with E-state index >= 15 is 0 Å². The number of hydrazone groups is 1. The van der Waals surface area contributed by atoms with Crippen molar-refractivity contribution >= 4 is 23.5 Å². The van der Waals surface area contributed by atoms with Gasteiger partial charge in [0.15, 0.2) is 6.10 Å². The Balaban J connectivity index is 2.07. The van der Waals surface area contributed by atoms with E-state index in [0.717, 1.165) is 5.56 Å². The van der Waals surface area contributed by atoms with Gasteiger partial charge in [0, 0.05) is 24.9 Å². The molecule has 2 amide bonds. The quantitative estimate of drug-likeness (QED) is 0.815. The molecule has 140 valence electrons. The molecular formula is C19H25N3O4. The van der Waals surface area contributed by atoms with E-state index in [9.17, 15) is 14.4 Å². The van der Waals surface area contributed by atoms with Crippen molar-refractivity contribution < 1.29 is 19.1 Å². The summed E-state index contributed by atoms with van der Waals surface area (Å²) in [5, 5.41) is 3.70. The topological polar surface area (TPSA) is 88.1 Å². The molecule has 0 spiro atoms. The third-order valence-corrected chi connectivity index (χ3v) is 4.03. The van der Waals surface area contributed by atoms with Crippen molar-refractivity contribution in [2.24, 2.45) is 5.10 Å². The Hall–Kier alpha value is -2.70. The van der Waals surface area contributed by atoms with E-state index < -0.39 is 17.6 Å². The van der Waals surface area contributed by atoms with Crippen LogP contribution >= 0.6 is 0 Å². The molecule has 1 N–H and O–H groups in total. The minimum absolute atomic E-state index is 0.120. The maximum Gasteiger partial charge on any atom is 0.355 e. The number of carbonyl (C=O) groups excluding carboxylic acids is 3. The van der Waals surface area contributed by atoms with Crippen molar-refractivity contribution in [2.75, 3.05) is 0 Å². The molecule has 0 radical (unpaired) electrons. The van der Waals surface area contributed by atoms with Gasteiger partial charge in [-0.15, -0.1) is 0 Å². The molecule has 0 bridgehead atoms. The summed E-state index contributed by atoms with van der Waals surface area (Å²) >= 11 is 0. The van der Waals surface area contributed by atoms with Crippen LogP contribution in [0.4, 0.5) is 0 Å². The number of hydrogen-bond donors (Lipinski definition) is 1. The summed E-state index contributed by atoms with van der Waals surface area (Å²) in [4.78, 5) is 37.9. The molecule has 26 heavy (non-hydrogen) atoms. The highest BCUT2D eigenvalue weighted by Gasteiger charge is 2.32. The molecule has 7 heteroatoms. The second-order valence-corrected chi connectivity index (χ2v) is 7.22. The van der Waals surface area contributed by atoms with Crippen molar-refractivity contribution in [3.8, 4) is 0 Å². The minimum atomic E-state index is -0.953. The maximum atomic E-state index is 12.9. The van der Waals surface area contributed by atoms with Gasteiger partial charge in [-0.05, 0) is 33.3 Å². The van der Waals surface area contributed by atoms with Gasteiger partial charge in [-0.25, -0.2) is 10.2 Å². The normalized spacial score (nSPS) is 15.5. The van der Waals surface area contributed by atoms with Crippen LogP contribution in [0.3, 0.4) is 0 Å². The molecule has 0 fully saturated rings. The summed E-state index contributed by atoms with van der Waals surface area (Å²) < 4.78 is 5.29. The van der Waals surface area contributed by atoms with E-state index in [0.29, 0.717) is 6.54 Å². The first-order chi connectivity index (χ1) is 12.2. The lowest BCUT2D eigenvalue weighted by Gasteiger charge is -2.37. The van der Waals surface area contributed by atoms with Crippen molar-refractivity contribution in [1.82, 2.24) is 10.3 Å². The van der Waals surface area contributed by atoms with Crippen LogP contribution in [0.1, 0.15) is 46.1 Å². The van der Waals surface area contributed by atoms with E-state index in [1.165, 1.54) is 0 Å². The van der Waals surface area contributed by atoms with Crippen LogP contribution < -0.4 is 5.43 Å². The van der Waals surface area contributed by atoms with Crippen LogP contribution in [0.5, 0.6) is 0 Å². The predicted molar refractivity (Wildman–Crippen MR) is 97.1 cm³/mol. The van der Waals surface area contributed by atoms with Gasteiger partial charge in [0.05, 0.1) is 0 Å². The van der Waals surface area contributed by atoms with Crippen LogP contribution in [0.15, 0.2) is 35.4 Å². The Morgan fingerprint density at radius 3 is 2.42 bits per heavy atom. The second kappa shape index (κ2) is 8.12. The van der Waals surface area contributed by atoms with Gasteiger partial charge in [-0.3, -0.25) is 9.59 Å². The number of nitrogens with zero attached hydrogens (tertiary/aromatic N) is 2. The summed E-state index contributed by atoms with van der Waals surface area (Å²) in [6.07, 6.45) is -0.567. The molecule has 7 nitrogen and oxygen atoms in total. The first-order valence-corrected chi connectivity index (χ1v) is 8.60. The van der Waals surface area contributed by atoms with E-state index in [2.05, 4.69) is 10.5 Å². The van der Waals surface area contributed by atoms with Crippen LogP contribution in [-0.2, 0) is 25.7 Å². The number of rotatable bonds is 5. The summed E-state index contributed by atoms with van der Waals surface area (Å²) in [6, 6.07) is 9.64. The van der Waals surface area contributed by atoms with Gasteiger partial charge in [-0.1, -0.05) is 30.3 Å². The minimum Gasteiger partial charge on any atom is -0.448 e. The van der Waals surface area contributed by atoms with Gasteiger partial charge in [0.1, 0.15) is 5.71 Å². The highest BCUT2D eigenvalue weighted by Crippen LogP contribution is 2.20. The van der Waals surface area contributed by atoms with Crippen LogP contribution in [-0.4, -0.2) is 40.0 Å². The summed E-state index contributed by atoms with van der Waals surface area (Å²) in [5.74, 6) is -1.21. The summed E-state index contributed by atoms with van der Waals surface area (Å²) in [7, 11) is 0. The van der Waals surface area contributed by atoms with Crippen molar-refractivity contribution in [3.05, 3.63) is 35.9 Å². The third-order valence-electron chi connectivity index (χ3n) is 4.03. The van der Waals surface area contributed by atoms with E-state index in [4.69, 9.17) is 4.74 Å². The van der Waals surface area contributed by atoms with Gasteiger partial charge in [0.2, 0.25) is 5.91 Å². The molecule has 1 aliphatic rings. The standard InChI is InChI=1S/C19H25N3O4/c1-13(26-18(25)15-10-11-16(23)21-20-15)17(24)22(19(2,3)4)12-14-8-6-5-7-9-14/h5-9,13H,10-12H2,1-4H3,(H,21,23)/t13-/m1/s1. The second-order valence-electron chi connectivity index (χ2n) is 7.22. The SMILES string of the molecule is C[C@@H](OC(=O)C1=NNC(=O)CC1)C(=O)N(Cc1ccccc1)C(C)(C)C. The monoisotopic (exact) mass is 359 g/mol. The predicted octanol–water partition coefficient (Wildman–Crippen LogP) is 2.01. The first kappa shape index (κ1) is 19.6. The number of amides is 2. The maximum absolute atomic E-state index is 12.9. The molecule has 0 unspecified atom stereocenters. The first-order valence-electron chi connectivity index (χ1n) is 8.60. The Kier molecular flexibility index (Phi) is 6.13. The van der Waals surface area contributed by atoms with Crippen molar-refractivity contribution in [1.29, 1.82) is 0 Å². The number of ether oxygens (including phenoxy) is 1. The Bertz CT molecular complexity index is 707. The third kappa shape index (κ3) is 5.15. The Morgan fingerprint density at radius 2 is 1.88 bits per heavy atom. The average Bonchev–Trinajstić information content (AvgIpc) is 2.59. The number of benzene rings is 1. The Morgan fingerprint density at radius 1 is 1.23 bits per heavy atom. The van der Waals surface area contributed by atoms with Gasteiger partial charge >= 0.3 is 5.97 Å². The lowest BCUT2D eigenvalue weighted by molar-refractivity contribution is -0.157. The molecular weight excluding hydrogens is 334 g/mol. The molecule has 0 saturated carbocycles. The molecule has 1 aromatic carbocycles. The Labute approximate surface area is 153 Å². The fourth-order valence-corrected chi connectivity index (χ4v) is 2.53. The summed E-state index contributed by atoms with van der Waals surface area (Å²) in [5.41, 5.74) is 2.92. The smallest absolute Gasteiger partial charge is 0.355 e. The molecule has 0 saturated heterocycles. The van der Waals surface area contributed by atoms with Crippen LogP contribution in [0.25, 0.3) is 0 Å².